The number of nitrogens with one attached hydrogen (secondary N) is 1. The zero-order chi connectivity index (χ0) is 28.4. The van der Waals surface area contributed by atoms with Gasteiger partial charge in [-0.2, -0.15) is 13.4 Å². The van der Waals surface area contributed by atoms with Crippen molar-refractivity contribution in [1.82, 2.24) is 19.5 Å². The van der Waals surface area contributed by atoms with Crippen LogP contribution < -0.4 is 10.9 Å². The summed E-state index contributed by atoms with van der Waals surface area (Å²) >= 11 is 0. The van der Waals surface area contributed by atoms with Crippen molar-refractivity contribution in [3.63, 3.8) is 0 Å². The summed E-state index contributed by atoms with van der Waals surface area (Å²) in [5.74, 6) is 0.505. The Morgan fingerprint density at radius 3 is 2.42 bits per heavy atom. The van der Waals surface area contributed by atoms with E-state index >= 15 is 0 Å². The SMILES string of the molecule is CC(=O)c1c(C)c2cnc(Nc3ccc(CCOS(=O)(=O)c4ccc(C)cc4)cn3)nc2n(C2CCCC2)c1=O. The van der Waals surface area contributed by atoms with Gasteiger partial charge in [-0.25, -0.2) is 9.97 Å². The number of pyridine rings is 2. The van der Waals surface area contributed by atoms with Crippen LogP contribution in [0.3, 0.4) is 0 Å². The Kier molecular flexibility index (Phi) is 7.77. The molecular weight excluding hydrogens is 530 g/mol. The fourth-order valence-corrected chi connectivity index (χ4v) is 6.02. The molecule has 1 fully saturated rings. The molecule has 40 heavy (non-hydrogen) atoms. The summed E-state index contributed by atoms with van der Waals surface area (Å²) in [4.78, 5) is 39.3. The van der Waals surface area contributed by atoms with Crippen LogP contribution in [0, 0.1) is 13.8 Å². The first kappa shape index (κ1) is 27.6. The maximum atomic E-state index is 13.4. The topological polar surface area (TPSA) is 133 Å². The summed E-state index contributed by atoms with van der Waals surface area (Å²) in [6, 6.07) is 10.1. The van der Waals surface area contributed by atoms with Crippen molar-refractivity contribution >= 4 is 38.7 Å². The zero-order valence-electron chi connectivity index (χ0n) is 22.7. The molecule has 0 aliphatic heterocycles. The Morgan fingerprint density at radius 1 is 1.05 bits per heavy atom. The number of fused-ring (bicyclic) bond motifs is 1. The van der Waals surface area contributed by atoms with Crippen LogP contribution in [0.15, 0.2) is 58.5 Å². The Bertz CT molecular complexity index is 1730. The number of carbonyl (C=O) groups excluding carboxylic acids is 1. The summed E-state index contributed by atoms with van der Waals surface area (Å²) in [5, 5.41) is 3.75. The van der Waals surface area contributed by atoms with Crippen molar-refractivity contribution in [3.8, 4) is 0 Å². The lowest BCUT2D eigenvalue weighted by Crippen LogP contribution is -2.30. The molecule has 0 atom stereocenters. The first-order valence-electron chi connectivity index (χ1n) is 13.2. The molecule has 4 aromatic rings. The van der Waals surface area contributed by atoms with Gasteiger partial charge in [0.1, 0.15) is 11.5 Å². The second kappa shape index (κ2) is 11.3. The van der Waals surface area contributed by atoms with E-state index in [4.69, 9.17) is 4.18 Å². The number of hydrogen-bond donors (Lipinski definition) is 1. The van der Waals surface area contributed by atoms with Crippen LogP contribution in [0.4, 0.5) is 11.8 Å². The molecule has 0 bridgehead atoms. The minimum absolute atomic E-state index is 0.00843. The molecule has 3 aromatic heterocycles. The number of benzene rings is 1. The molecule has 11 heteroatoms. The molecule has 0 saturated heterocycles. The lowest BCUT2D eigenvalue weighted by molar-refractivity contribution is 0.101. The number of aryl methyl sites for hydroxylation is 2. The van der Waals surface area contributed by atoms with E-state index in [1.807, 2.05) is 13.0 Å². The van der Waals surface area contributed by atoms with Gasteiger partial charge in [-0.05, 0) is 69.4 Å². The number of nitrogens with zero attached hydrogens (tertiary/aromatic N) is 4. The number of aromatic nitrogens is 4. The van der Waals surface area contributed by atoms with E-state index in [0.29, 0.717) is 28.8 Å². The summed E-state index contributed by atoms with van der Waals surface area (Å²) in [7, 11) is -3.83. The first-order chi connectivity index (χ1) is 19.1. The minimum Gasteiger partial charge on any atom is -0.309 e. The average molecular weight is 562 g/mol. The molecule has 0 radical (unpaired) electrons. The molecule has 0 spiro atoms. The molecular formula is C29H31N5O5S. The van der Waals surface area contributed by atoms with Crippen molar-refractivity contribution < 1.29 is 17.4 Å². The summed E-state index contributed by atoms with van der Waals surface area (Å²) in [6.45, 7) is 5.04. The quantitative estimate of drug-likeness (QED) is 0.226. The number of ketones is 1. The molecule has 3 heterocycles. The highest BCUT2D eigenvalue weighted by Crippen LogP contribution is 2.32. The second-order valence-corrected chi connectivity index (χ2v) is 11.7. The normalized spacial score (nSPS) is 14.1. The van der Waals surface area contributed by atoms with Gasteiger partial charge in [0.05, 0.1) is 17.1 Å². The average Bonchev–Trinajstić information content (AvgIpc) is 3.44. The van der Waals surface area contributed by atoms with E-state index < -0.39 is 10.1 Å². The van der Waals surface area contributed by atoms with Crippen LogP contribution in [0.25, 0.3) is 11.0 Å². The van der Waals surface area contributed by atoms with Gasteiger partial charge in [0.2, 0.25) is 5.95 Å². The van der Waals surface area contributed by atoms with E-state index in [2.05, 4.69) is 20.3 Å². The largest absolute Gasteiger partial charge is 0.309 e. The van der Waals surface area contributed by atoms with E-state index in [9.17, 15) is 18.0 Å². The number of Topliss-reactive ketones (excluding diaryl/α,β-unsaturated/α-hetero) is 1. The van der Waals surface area contributed by atoms with E-state index in [1.54, 1.807) is 42.1 Å². The van der Waals surface area contributed by atoms with Crippen LogP contribution in [-0.2, 0) is 20.7 Å². The Hall–Kier alpha value is -3.96. The third kappa shape index (κ3) is 5.66. The summed E-state index contributed by atoms with van der Waals surface area (Å²) < 4.78 is 31.6. The van der Waals surface area contributed by atoms with E-state index in [1.165, 1.54) is 19.1 Å². The van der Waals surface area contributed by atoms with Gasteiger partial charge in [-0.15, -0.1) is 0 Å². The van der Waals surface area contributed by atoms with Crippen LogP contribution >= 0.6 is 0 Å². The summed E-state index contributed by atoms with van der Waals surface area (Å²) in [6.07, 6.45) is 7.40. The van der Waals surface area contributed by atoms with Crippen molar-refractivity contribution in [2.75, 3.05) is 11.9 Å². The molecule has 1 aliphatic rings. The molecule has 1 aromatic carbocycles. The molecule has 5 rings (SSSR count). The van der Waals surface area contributed by atoms with Gasteiger partial charge < -0.3 is 5.32 Å². The first-order valence-corrected chi connectivity index (χ1v) is 14.7. The molecule has 10 nitrogen and oxygen atoms in total. The van der Waals surface area contributed by atoms with Gasteiger partial charge in [0, 0.05) is 23.8 Å². The third-order valence-corrected chi connectivity index (χ3v) is 8.58. The highest BCUT2D eigenvalue weighted by Gasteiger charge is 2.26. The minimum atomic E-state index is -3.83. The zero-order valence-corrected chi connectivity index (χ0v) is 23.5. The fourth-order valence-electron chi connectivity index (χ4n) is 5.11. The van der Waals surface area contributed by atoms with Crippen molar-refractivity contribution in [1.29, 1.82) is 0 Å². The van der Waals surface area contributed by atoms with Gasteiger partial charge >= 0.3 is 0 Å². The van der Waals surface area contributed by atoms with Gasteiger partial charge in [-0.1, -0.05) is 36.6 Å². The van der Waals surface area contributed by atoms with Crippen LogP contribution in [-0.4, -0.2) is 40.3 Å². The fraction of sp³-hybridized carbons (Fsp3) is 0.345. The Labute approximate surface area is 232 Å². The van der Waals surface area contributed by atoms with Crippen LogP contribution in [0.2, 0.25) is 0 Å². The molecule has 1 aliphatic carbocycles. The predicted octanol–water partition coefficient (Wildman–Crippen LogP) is 4.81. The van der Waals surface area contributed by atoms with E-state index in [-0.39, 0.29) is 40.4 Å². The monoisotopic (exact) mass is 561 g/mol. The standard InChI is InChI=1S/C29H31N5O5S/c1-18-8-11-23(12-9-18)40(37,38)39-15-14-21-10-13-25(30-16-21)32-29-31-17-24-19(2)26(20(3)35)28(36)34(27(24)33-29)22-6-4-5-7-22/h8-13,16-17,22H,4-7,14-15H2,1-3H3,(H,30,31,32,33). The Morgan fingerprint density at radius 2 is 1.77 bits per heavy atom. The summed E-state index contributed by atoms with van der Waals surface area (Å²) in [5.41, 5.74) is 2.74. The number of carbonyl (C=O) groups is 1. The second-order valence-electron chi connectivity index (χ2n) is 10.1. The third-order valence-electron chi connectivity index (χ3n) is 7.25. The van der Waals surface area contributed by atoms with Gasteiger partial charge in [0.25, 0.3) is 15.7 Å². The smallest absolute Gasteiger partial charge is 0.296 e. The van der Waals surface area contributed by atoms with Crippen molar-refractivity contribution in [2.24, 2.45) is 0 Å². The lowest BCUT2D eigenvalue weighted by atomic mass is 10.0. The highest BCUT2D eigenvalue weighted by molar-refractivity contribution is 7.86. The predicted molar refractivity (Wildman–Crippen MR) is 152 cm³/mol. The van der Waals surface area contributed by atoms with E-state index in [0.717, 1.165) is 36.8 Å². The van der Waals surface area contributed by atoms with Gasteiger partial charge in [0.15, 0.2) is 5.78 Å². The number of hydrogen-bond acceptors (Lipinski definition) is 9. The van der Waals surface area contributed by atoms with Crippen molar-refractivity contribution in [2.45, 2.75) is 63.8 Å². The maximum absolute atomic E-state index is 13.4. The molecule has 1 saturated carbocycles. The lowest BCUT2D eigenvalue weighted by Gasteiger charge is -2.19. The molecule has 0 unspecified atom stereocenters. The van der Waals surface area contributed by atoms with Gasteiger partial charge in [-0.3, -0.25) is 18.3 Å². The maximum Gasteiger partial charge on any atom is 0.296 e. The number of rotatable bonds is 9. The molecule has 208 valence electrons. The molecule has 1 N–H and O–H groups in total. The molecule has 0 amide bonds. The Balaban J connectivity index is 1.32. The highest BCUT2D eigenvalue weighted by atomic mass is 32.2. The van der Waals surface area contributed by atoms with Crippen molar-refractivity contribution in [3.05, 3.63) is 81.4 Å². The van der Waals surface area contributed by atoms with Crippen LogP contribution in [0.5, 0.6) is 0 Å². The number of anilines is 2. The van der Waals surface area contributed by atoms with Crippen LogP contribution in [0.1, 0.15) is 65.7 Å².